The van der Waals surface area contributed by atoms with Crippen molar-refractivity contribution in [2.24, 2.45) is 34.5 Å². The molecule has 3 aliphatic carbocycles. The van der Waals surface area contributed by atoms with Gasteiger partial charge in [-0.05, 0) is 60.2 Å². The minimum absolute atomic E-state index is 0.0726. The quantitative estimate of drug-likeness (QED) is 0.213. The van der Waals surface area contributed by atoms with E-state index in [9.17, 15) is 28.8 Å². The van der Waals surface area contributed by atoms with Gasteiger partial charge in [0.25, 0.3) is 11.8 Å². The predicted molar refractivity (Wildman–Crippen MR) is 190 cm³/mol. The maximum Gasteiger partial charge on any atom is 0.289 e. The Morgan fingerprint density at radius 1 is 0.941 bits per heavy atom. The molecule has 1 saturated heterocycles. The van der Waals surface area contributed by atoms with Crippen LogP contribution >= 0.6 is 0 Å². The zero-order chi connectivity index (χ0) is 37.1. The molecule has 0 spiro atoms. The molecule has 5 amide bonds. The second-order valence-corrected chi connectivity index (χ2v) is 16.9. The summed E-state index contributed by atoms with van der Waals surface area (Å²) >= 11 is 0. The van der Waals surface area contributed by atoms with Crippen LogP contribution in [0.15, 0.2) is 18.6 Å². The van der Waals surface area contributed by atoms with Gasteiger partial charge in [-0.25, -0.2) is 4.98 Å². The number of hydrogen-bond donors (Lipinski definition) is 4. The summed E-state index contributed by atoms with van der Waals surface area (Å²) in [5, 5.41) is 11.5. The van der Waals surface area contributed by atoms with E-state index in [0.717, 1.165) is 51.4 Å². The van der Waals surface area contributed by atoms with Crippen molar-refractivity contribution in [1.82, 2.24) is 36.1 Å². The van der Waals surface area contributed by atoms with Gasteiger partial charge in [0.2, 0.25) is 23.5 Å². The Morgan fingerprint density at radius 3 is 2.24 bits per heavy atom. The lowest BCUT2D eigenvalue weighted by atomic mass is 9.80. The Balaban J connectivity index is 1.36. The molecule has 2 heterocycles. The van der Waals surface area contributed by atoms with Crippen LogP contribution in [0.3, 0.4) is 0 Å². The van der Waals surface area contributed by atoms with E-state index in [2.05, 4.69) is 45.1 Å². The highest BCUT2D eigenvalue weighted by molar-refractivity contribution is 6.38. The molecule has 280 valence electrons. The number of nitrogens with one attached hydrogen (secondary N) is 4. The second kappa shape index (κ2) is 15.8. The minimum atomic E-state index is -1.01. The minimum Gasteiger partial charge on any atom is -0.349 e. The first-order valence-electron chi connectivity index (χ1n) is 18.9. The van der Waals surface area contributed by atoms with Crippen LogP contribution in [0.4, 0.5) is 0 Å². The van der Waals surface area contributed by atoms with Crippen LogP contribution < -0.4 is 21.3 Å². The molecule has 4 fully saturated rings. The Hall–Kier alpha value is -3.90. The summed E-state index contributed by atoms with van der Waals surface area (Å²) in [6.07, 6.45) is 12.7. The number of fused-ring (bicyclic) bond motifs is 1. The number of ketones is 1. The SMILES string of the molecule is CCCNC(=O)C(=O)C(CC1CCC1)NC(=O)C1C2C(CN1C(=O)C(NC(=O)C(NC(=O)c1cnccn1)C1CCCCC1)C(C)(C)C)C2(C)C. The fourth-order valence-corrected chi connectivity index (χ4v) is 8.39. The maximum absolute atomic E-state index is 14.6. The summed E-state index contributed by atoms with van der Waals surface area (Å²) < 4.78 is 0. The van der Waals surface area contributed by atoms with Crippen molar-refractivity contribution in [3.63, 3.8) is 0 Å². The normalized spacial score (nSPS) is 24.6. The zero-order valence-electron chi connectivity index (χ0n) is 31.1. The number of hydrogen-bond acceptors (Lipinski definition) is 8. The molecule has 1 aliphatic heterocycles. The molecule has 13 heteroatoms. The summed E-state index contributed by atoms with van der Waals surface area (Å²) in [5.74, 6) is -3.10. The van der Waals surface area contributed by atoms with Crippen LogP contribution in [0.25, 0.3) is 0 Å². The van der Waals surface area contributed by atoms with Crippen LogP contribution in [0.5, 0.6) is 0 Å². The Morgan fingerprint density at radius 2 is 1.65 bits per heavy atom. The van der Waals surface area contributed by atoms with Gasteiger partial charge in [0.15, 0.2) is 0 Å². The second-order valence-electron chi connectivity index (χ2n) is 16.9. The number of nitrogens with zero attached hydrogens (tertiary/aromatic N) is 3. The number of aromatic nitrogens is 2. The highest BCUT2D eigenvalue weighted by Crippen LogP contribution is 2.65. The van der Waals surface area contributed by atoms with Gasteiger partial charge in [0.1, 0.15) is 23.8 Å². The Kier molecular flexibility index (Phi) is 11.9. The van der Waals surface area contributed by atoms with Gasteiger partial charge in [-0.3, -0.25) is 33.8 Å². The third kappa shape index (κ3) is 8.60. The van der Waals surface area contributed by atoms with Gasteiger partial charge in [-0.1, -0.05) is 80.1 Å². The van der Waals surface area contributed by atoms with E-state index in [1.807, 2.05) is 27.7 Å². The molecule has 51 heavy (non-hydrogen) atoms. The topological polar surface area (TPSA) is 180 Å². The Bertz CT molecular complexity index is 1470. The van der Waals surface area contributed by atoms with Crippen LogP contribution in [-0.2, 0) is 24.0 Å². The van der Waals surface area contributed by atoms with E-state index in [0.29, 0.717) is 25.9 Å². The van der Waals surface area contributed by atoms with Gasteiger partial charge in [0.05, 0.1) is 12.2 Å². The number of carbonyl (C=O) groups excluding carboxylic acids is 6. The van der Waals surface area contributed by atoms with Crippen molar-refractivity contribution in [3.8, 4) is 0 Å². The van der Waals surface area contributed by atoms with Crippen molar-refractivity contribution < 1.29 is 28.8 Å². The fraction of sp³-hybridized carbons (Fsp3) is 0.737. The third-order valence-electron chi connectivity index (χ3n) is 11.8. The molecule has 1 aromatic heterocycles. The van der Waals surface area contributed by atoms with E-state index < -0.39 is 59.0 Å². The lowest BCUT2D eigenvalue weighted by molar-refractivity contribution is -0.147. The maximum atomic E-state index is 14.6. The Labute approximate surface area is 301 Å². The summed E-state index contributed by atoms with van der Waals surface area (Å²) in [5.41, 5.74) is -0.844. The summed E-state index contributed by atoms with van der Waals surface area (Å²) in [4.78, 5) is 92.0. The average Bonchev–Trinajstić information content (AvgIpc) is 3.39. The van der Waals surface area contributed by atoms with Crippen LogP contribution in [0.2, 0.25) is 0 Å². The lowest BCUT2D eigenvalue weighted by Gasteiger charge is -2.39. The molecule has 4 aliphatic rings. The summed E-state index contributed by atoms with van der Waals surface area (Å²) in [6.45, 7) is 12.4. The van der Waals surface area contributed by atoms with Crippen molar-refractivity contribution in [2.45, 2.75) is 130 Å². The van der Waals surface area contributed by atoms with E-state index in [-0.39, 0.29) is 40.7 Å². The molecule has 5 rings (SSSR count). The predicted octanol–water partition coefficient (Wildman–Crippen LogP) is 2.94. The first-order chi connectivity index (χ1) is 24.1. The van der Waals surface area contributed by atoms with E-state index in [4.69, 9.17) is 0 Å². The van der Waals surface area contributed by atoms with Gasteiger partial charge in [-0.15, -0.1) is 0 Å². The zero-order valence-corrected chi connectivity index (χ0v) is 31.1. The van der Waals surface area contributed by atoms with Crippen molar-refractivity contribution in [2.75, 3.05) is 13.1 Å². The molecule has 0 radical (unpaired) electrons. The molecule has 6 atom stereocenters. The molecule has 6 unspecified atom stereocenters. The van der Waals surface area contributed by atoms with E-state index in [1.54, 1.807) is 4.90 Å². The fourth-order valence-electron chi connectivity index (χ4n) is 8.39. The highest BCUT2D eigenvalue weighted by atomic mass is 16.2. The average molecular weight is 708 g/mol. The molecule has 0 aromatic carbocycles. The standard InChI is InChI=1S/C38H57N7O6/c1-7-16-41-35(50)30(46)25(19-22-12-11-13-22)42-34(49)29-27-24(38(27,5)6)21-45(29)36(51)31(37(2,3)4)44-33(48)28(23-14-9-8-10-15-23)43-32(47)26-20-39-17-18-40-26/h17-18,20,22-25,27-29,31H,7-16,19,21H2,1-6H3,(H,41,50)(H,42,49)(H,43,47)(H,44,48). The van der Waals surface area contributed by atoms with Gasteiger partial charge < -0.3 is 26.2 Å². The van der Waals surface area contributed by atoms with E-state index >= 15 is 0 Å². The van der Waals surface area contributed by atoms with Gasteiger partial charge >= 0.3 is 0 Å². The summed E-state index contributed by atoms with van der Waals surface area (Å²) in [7, 11) is 0. The molecule has 4 N–H and O–H groups in total. The monoisotopic (exact) mass is 707 g/mol. The van der Waals surface area contributed by atoms with Crippen LogP contribution in [-0.4, -0.2) is 87.4 Å². The molecular weight excluding hydrogens is 650 g/mol. The molecule has 0 bridgehead atoms. The number of carbonyl (C=O) groups is 6. The number of rotatable bonds is 14. The van der Waals surface area contributed by atoms with Gasteiger partial charge in [-0.2, -0.15) is 0 Å². The number of amides is 5. The number of Topliss-reactive ketones (excluding diaryl/α,β-unsaturated/α-hetero) is 1. The first-order valence-corrected chi connectivity index (χ1v) is 18.9. The lowest BCUT2D eigenvalue weighted by Crippen LogP contribution is -2.63. The highest BCUT2D eigenvalue weighted by Gasteiger charge is 2.70. The largest absolute Gasteiger partial charge is 0.349 e. The number of likely N-dealkylation sites (tertiary alicyclic amines) is 1. The third-order valence-corrected chi connectivity index (χ3v) is 11.8. The van der Waals surface area contributed by atoms with Crippen LogP contribution in [0.1, 0.15) is 116 Å². The molecule has 1 aromatic rings. The van der Waals surface area contributed by atoms with Crippen LogP contribution in [0, 0.1) is 34.5 Å². The van der Waals surface area contributed by atoms with Crippen molar-refractivity contribution >= 4 is 35.3 Å². The number of piperidine rings is 1. The van der Waals surface area contributed by atoms with Crippen molar-refractivity contribution in [1.29, 1.82) is 0 Å². The summed E-state index contributed by atoms with van der Waals surface area (Å²) in [6, 6.07) is -3.74. The van der Waals surface area contributed by atoms with Crippen molar-refractivity contribution in [3.05, 3.63) is 24.3 Å². The molecule has 13 nitrogen and oxygen atoms in total. The first kappa shape index (κ1) is 38.3. The molecule has 3 saturated carbocycles. The molecular formula is C38H57N7O6. The smallest absolute Gasteiger partial charge is 0.289 e. The van der Waals surface area contributed by atoms with E-state index in [1.165, 1.54) is 18.6 Å². The van der Waals surface area contributed by atoms with Gasteiger partial charge in [0, 0.05) is 25.5 Å².